The van der Waals surface area contributed by atoms with Crippen molar-refractivity contribution in [3.05, 3.63) is 40.1 Å². The molecule has 0 saturated carbocycles. The predicted molar refractivity (Wildman–Crippen MR) is 77.4 cm³/mol. The highest BCUT2D eigenvalue weighted by atomic mass is 32.1. The SMILES string of the molecule is CCCNCc1nc(C)ccc1OCc1nccs1. The van der Waals surface area contributed by atoms with E-state index in [0.717, 1.165) is 41.7 Å². The number of aryl methyl sites for hydroxylation is 1. The zero-order valence-corrected chi connectivity index (χ0v) is 12.2. The van der Waals surface area contributed by atoms with Crippen LogP contribution in [-0.2, 0) is 13.2 Å². The molecule has 0 saturated heterocycles. The van der Waals surface area contributed by atoms with Gasteiger partial charge in [0.15, 0.2) is 0 Å². The fourth-order valence-electron chi connectivity index (χ4n) is 1.70. The minimum atomic E-state index is 0.503. The van der Waals surface area contributed by atoms with Gasteiger partial charge in [0.05, 0.1) is 5.69 Å². The molecule has 0 aromatic carbocycles. The van der Waals surface area contributed by atoms with Crippen LogP contribution in [-0.4, -0.2) is 16.5 Å². The van der Waals surface area contributed by atoms with Gasteiger partial charge in [-0.1, -0.05) is 6.92 Å². The molecule has 0 fully saturated rings. The summed E-state index contributed by atoms with van der Waals surface area (Å²) in [6.45, 7) is 6.37. The molecule has 0 unspecified atom stereocenters. The normalized spacial score (nSPS) is 10.6. The van der Waals surface area contributed by atoms with Crippen LogP contribution in [0.4, 0.5) is 0 Å². The molecule has 5 heteroatoms. The van der Waals surface area contributed by atoms with Gasteiger partial charge in [-0.3, -0.25) is 4.98 Å². The molecule has 19 heavy (non-hydrogen) atoms. The summed E-state index contributed by atoms with van der Waals surface area (Å²) in [5.74, 6) is 0.837. The Morgan fingerprint density at radius 3 is 3.00 bits per heavy atom. The number of thiazole rings is 1. The van der Waals surface area contributed by atoms with Gasteiger partial charge in [-0.25, -0.2) is 4.98 Å². The summed E-state index contributed by atoms with van der Waals surface area (Å²) in [4.78, 5) is 8.75. The molecule has 2 aromatic heterocycles. The van der Waals surface area contributed by atoms with Crippen LogP contribution < -0.4 is 10.1 Å². The van der Waals surface area contributed by atoms with E-state index in [4.69, 9.17) is 4.74 Å². The van der Waals surface area contributed by atoms with Crippen LogP contribution in [0.15, 0.2) is 23.7 Å². The maximum Gasteiger partial charge on any atom is 0.142 e. The van der Waals surface area contributed by atoms with Gasteiger partial charge >= 0.3 is 0 Å². The number of hydrogen-bond donors (Lipinski definition) is 1. The second-order valence-electron chi connectivity index (χ2n) is 4.29. The molecular weight excluding hydrogens is 258 g/mol. The zero-order chi connectivity index (χ0) is 13.5. The molecule has 0 radical (unpaired) electrons. The molecule has 2 aromatic rings. The molecule has 0 spiro atoms. The van der Waals surface area contributed by atoms with Crippen molar-refractivity contribution >= 4 is 11.3 Å². The molecule has 0 bridgehead atoms. The van der Waals surface area contributed by atoms with Gasteiger partial charge in [-0.05, 0) is 32.0 Å². The lowest BCUT2D eigenvalue weighted by atomic mass is 10.2. The quantitative estimate of drug-likeness (QED) is 0.790. The smallest absolute Gasteiger partial charge is 0.142 e. The van der Waals surface area contributed by atoms with Gasteiger partial charge in [0.25, 0.3) is 0 Å². The van der Waals surface area contributed by atoms with Crippen LogP contribution in [0.25, 0.3) is 0 Å². The number of pyridine rings is 1. The van der Waals surface area contributed by atoms with Gasteiger partial charge in [0.1, 0.15) is 17.4 Å². The van der Waals surface area contributed by atoms with Crippen LogP contribution in [0.2, 0.25) is 0 Å². The second kappa shape index (κ2) is 7.21. The monoisotopic (exact) mass is 277 g/mol. The van der Waals surface area contributed by atoms with Crippen LogP contribution in [0.1, 0.15) is 29.7 Å². The zero-order valence-electron chi connectivity index (χ0n) is 11.3. The maximum atomic E-state index is 5.81. The summed E-state index contributed by atoms with van der Waals surface area (Å²) < 4.78 is 5.81. The highest BCUT2D eigenvalue weighted by Gasteiger charge is 2.06. The van der Waals surface area contributed by atoms with Gasteiger partial charge in [0.2, 0.25) is 0 Å². The number of rotatable bonds is 7. The van der Waals surface area contributed by atoms with Crippen molar-refractivity contribution in [2.75, 3.05) is 6.54 Å². The standard InChI is InChI=1S/C14H19N3OS/c1-3-6-15-9-12-13(5-4-11(2)17-12)18-10-14-16-7-8-19-14/h4-5,7-8,15H,3,6,9-10H2,1-2H3. The first-order valence-electron chi connectivity index (χ1n) is 6.48. The van der Waals surface area contributed by atoms with Crippen LogP contribution in [0, 0.1) is 6.92 Å². The lowest BCUT2D eigenvalue weighted by molar-refractivity contribution is 0.299. The van der Waals surface area contributed by atoms with E-state index in [9.17, 15) is 0 Å². The number of nitrogens with one attached hydrogen (secondary N) is 1. The van der Waals surface area contributed by atoms with Crippen molar-refractivity contribution in [1.82, 2.24) is 15.3 Å². The molecule has 4 nitrogen and oxygen atoms in total. The summed E-state index contributed by atoms with van der Waals surface area (Å²) in [6, 6.07) is 3.96. The average Bonchev–Trinajstić information content (AvgIpc) is 2.91. The van der Waals surface area contributed by atoms with E-state index in [1.807, 2.05) is 24.4 Å². The molecule has 0 aliphatic carbocycles. The Morgan fingerprint density at radius 1 is 1.37 bits per heavy atom. The number of aromatic nitrogens is 2. The van der Waals surface area contributed by atoms with Gasteiger partial charge in [-0.15, -0.1) is 11.3 Å². The van der Waals surface area contributed by atoms with Crippen LogP contribution in [0.5, 0.6) is 5.75 Å². The Kier molecular flexibility index (Phi) is 5.30. The molecular formula is C14H19N3OS. The Labute approximate surface area is 117 Å². The van der Waals surface area contributed by atoms with Crippen molar-refractivity contribution in [3.63, 3.8) is 0 Å². The highest BCUT2D eigenvalue weighted by Crippen LogP contribution is 2.19. The van der Waals surface area contributed by atoms with E-state index >= 15 is 0 Å². The molecule has 0 aliphatic heterocycles. The van der Waals surface area contributed by atoms with Gasteiger partial charge < -0.3 is 10.1 Å². The number of ether oxygens (including phenoxy) is 1. The first-order valence-corrected chi connectivity index (χ1v) is 7.36. The third-order valence-electron chi connectivity index (χ3n) is 2.63. The van der Waals surface area contributed by atoms with E-state index < -0.39 is 0 Å². The highest BCUT2D eigenvalue weighted by molar-refractivity contribution is 7.09. The molecule has 102 valence electrons. The van der Waals surface area contributed by atoms with E-state index in [1.165, 1.54) is 0 Å². The summed E-state index contributed by atoms with van der Waals surface area (Å²) in [7, 11) is 0. The van der Waals surface area contributed by atoms with E-state index in [-0.39, 0.29) is 0 Å². The average molecular weight is 277 g/mol. The lowest BCUT2D eigenvalue weighted by Crippen LogP contribution is -2.16. The second-order valence-corrected chi connectivity index (χ2v) is 5.27. The predicted octanol–water partition coefficient (Wildman–Crippen LogP) is 2.93. The van der Waals surface area contributed by atoms with Crippen LogP contribution >= 0.6 is 11.3 Å². The van der Waals surface area contributed by atoms with E-state index in [2.05, 4.69) is 22.2 Å². The van der Waals surface area contributed by atoms with Crippen LogP contribution in [0.3, 0.4) is 0 Å². The maximum absolute atomic E-state index is 5.81. The van der Waals surface area contributed by atoms with E-state index in [0.29, 0.717) is 6.61 Å². The minimum Gasteiger partial charge on any atom is -0.484 e. The van der Waals surface area contributed by atoms with Crippen molar-refractivity contribution < 1.29 is 4.74 Å². The molecule has 0 aliphatic rings. The van der Waals surface area contributed by atoms with Crippen molar-refractivity contribution in [1.29, 1.82) is 0 Å². The molecule has 0 amide bonds. The number of nitrogens with zero attached hydrogens (tertiary/aromatic N) is 2. The molecule has 2 rings (SSSR count). The van der Waals surface area contributed by atoms with Crippen molar-refractivity contribution in [3.8, 4) is 5.75 Å². The third-order valence-corrected chi connectivity index (χ3v) is 3.38. The topological polar surface area (TPSA) is 47.0 Å². The number of hydrogen-bond acceptors (Lipinski definition) is 5. The first-order chi connectivity index (χ1) is 9.29. The van der Waals surface area contributed by atoms with Crippen molar-refractivity contribution in [2.24, 2.45) is 0 Å². The summed E-state index contributed by atoms with van der Waals surface area (Å²) in [6.07, 6.45) is 2.90. The van der Waals surface area contributed by atoms with Gasteiger partial charge in [0, 0.05) is 23.8 Å². The fourth-order valence-corrected chi connectivity index (χ4v) is 2.23. The minimum absolute atomic E-state index is 0.503. The van der Waals surface area contributed by atoms with Crippen molar-refractivity contribution in [2.45, 2.75) is 33.4 Å². The molecule has 2 heterocycles. The van der Waals surface area contributed by atoms with Gasteiger partial charge in [-0.2, -0.15) is 0 Å². The summed E-state index contributed by atoms with van der Waals surface area (Å²) in [5, 5.41) is 6.29. The Bertz CT molecular complexity index is 499. The Morgan fingerprint density at radius 2 is 2.26 bits per heavy atom. The lowest BCUT2D eigenvalue weighted by Gasteiger charge is -2.11. The van der Waals surface area contributed by atoms with E-state index in [1.54, 1.807) is 17.5 Å². The summed E-state index contributed by atoms with van der Waals surface area (Å²) in [5.41, 5.74) is 1.97. The summed E-state index contributed by atoms with van der Waals surface area (Å²) >= 11 is 1.60. The molecule has 0 atom stereocenters. The molecule has 1 N–H and O–H groups in total. The third kappa shape index (κ3) is 4.29. The largest absolute Gasteiger partial charge is 0.484 e. The first kappa shape index (κ1) is 14.0. The fraction of sp³-hybridized carbons (Fsp3) is 0.429. The Hall–Kier alpha value is -1.46. The Balaban J connectivity index is 2.01.